The van der Waals surface area contributed by atoms with Crippen LogP contribution in [0.2, 0.25) is 0 Å². The predicted molar refractivity (Wildman–Crippen MR) is 102 cm³/mol. The SMILES string of the molecule is CCNC(=O)N1C[C@H](C(=O)NCC2CC2)[C@H](c2cccc(OC)c2OC)C1. The molecule has 1 heterocycles. The predicted octanol–water partition coefficient (Wildman–Crippen LogP) is 1.97. The van der Waals surface area contributed by atoms with Gasteiger partial charge in [0.1, 0.15) is 0 Å². The fourth-order valence-corrected chi connectivity index (χ4v) is 3.72. The summed E-state index contributed by atoms with van der Waals surface area (Å²) in [4.78, 5) is 27.0. The van der Waals surface area contributed by atoms with Crippen molar-refractivity contribution < 1.29 is 19.1 Å². The zero-order valence-corrected chi connectivity index (χ0v) is 16.3. The standard InChI is InChI=1S/C20H29N3O4/c1-4-21-20(25)23-11-15(14-6-5-7-17(26-2)18(14)27-3)16(12-23)19(24)22-10-13-8-9-13/h5-7,13,15-16H,4,8-12H2,1-3H3,(H,21,25)(H,22,24)/t15-,16-/m0/s1. The number of likely N-dealkylation sites (tertiary alicyclic amines) is 1. The van der Waals surface area contributed by atoms with Crippen LogP contribution in [0.25, 0.3) is 0 Å². The van der Waals surface area contributed by atoms with Gasteiger partial charge in [0.25, 0.3) is 0 Å². The number of rotatable bonds is 7. The van der Waals surface area contributed by atoms with Gasteiger partial charge in [0, 0.05) is 37.7 Å². The van der Waals surface area contributed by atoms with Crippen LogP contribution in [0, 0.1) is 11.8 Å². The number of hydrogen-bond donors (Lipinski definition) is 2. The van der Waals surface area contributed by atoms with Gasteiger partial charge in [-0.1, -0.05) is 12.1 Å². The summed E-state index contributed by atoms with van der Waals surface area (Å²) in [5.41, 5.74) is 0.898. The van der Waals surface area contributed by atoms with Crippen LogP contribution in [-0.4, -0.2) is 57.2 Å². The van der Waals surface area contributed by atoms with Crippen LogP contribution in [0.3, 0.4) is 0 Å². The number of hydrogen-bond acceptors (Lipinski definition) is 4. The molecule has 7 heteroatoms. The smallest absolute Gasteiger partial charge is 0.317 e. The molecule has 1 aliphatic carbocycles. The van der Waals surface area contributed by atoms with E-state index in [1.54, 1.807) is 19.1 Å². The van der Waals surface area contributed by atoms with Gasteiger partial charge in [-0.3, -0.25) is 4.79 Å². The highest BCUT2D eigenvalue weighted by atomic mass is 16.5. The summed E-state index contributed by atoms with van der Waals surface area (Å²) in [6.07, 6.45) is 2.37. The van der Waals surface area contributed by atoms with Crippen molar-refractivity contribution in [3.8, 4) is 11.5 Å². The highest BCUT2D eigenvalue weighted by molar-refractivity contribution is 5.83. The van der Waals surface area contributed by atoms with Gasteiger partial charge in [-0.2, -0.15) is 0 Å². The average Bonchev–Trinajstić information content (AvgIpc) is 3.41. The van der Waals surface area contributed by atoms with E-state index in [1.807, 2.05) is 25.1 Å². The zero-order chi connectivity index (χ0) is 19.4. The molecule has 2 N–H and O–H groups in total. The Kier molecular flexibility index (Phi) is 6.08. The molecule has 27 heavy (non-hydrogen) atoms. The van der Waals surface area contributed by atoms with Gasteiger partial charge < -0.3 is 25.0 Å². The van der Waals surface area contributed by atoms with Crippen molar-refractivity contribution in [2.75, 3.05) is 40.4 Å². The number of ether oxygens (including phenoxy) is 2. The molecule has 0 unspecified atom stereocenters. The second kappa shape index (κ2) is 8.50. The van der Waals surface area contributed by atoms with Crippen molar-refractivity contribution >= 4 is 11.9 Å². The van der Waals surface area contributed by atoms with E-state index < -0.39 is 0 Å². The van der Waals surface area contributed by atoms with E-state index in [4.69, 9.17) is 9.47 Å². The van der Waals surface area contributed by atoms with E-state index in [9.17, 15) is 9.59 Å². The van der Waals surface area contributed by atoms with Crippen LogP contribution in [0.15, 0.2) is 18.2 Å². The van der Waals surface area contributed by atoms with Crippen molar-refractivity contribution in [2.24, 2.45) is 11.8 Å². The Morgan fingerprint density at radius 3 is 2.56 bits per heavy atom. The summed E-state index contributed by atoms with van der Waals surface area (Å²) in [6, 6.07) is 5.54. The van der Waals surface area contributed by atoms with Crippen molar-refractivity contribution in [2.45, 2.75) is 25.7 Å². The number of para-hydroxylation sites is 1. The fraction of sp³-hybridized carbons (Fsp3) is 0.600. The van der Waals surface area contributed by atoms with Gasteiger partial charge in [-0.05, 0) is 31.7 Å². The molecule has 3 rings (SSSR count). The lowest BCUT2D eigenvalue weighted by Crippen LogP contribution is -2.40. The summed E-state index contributed by atoms with van der Waals surface area (Å²) < 4.78 is 11.0. The van der Waals surface area contributed by atoms with Gasteiger partial charge in [0.05, 0.1) is 20.1 Å². The van der Waals surface area contributed by atoms with Crippen LogP contribution in [0.5, 0.6) is 11.5 Å². The first-order valence-electron chi connectivity index (χ1n) is 9.60. The first-order chi connectivity index (χ1) is 13.1. The van der Waals surface area contributed by atoms with Gasteiger partial charge in [0.15, 0.2) is 11.5 Å². The molecule has 1 saturated carbocycles. The summed E-state index contributed by atoms with van der Waals surface area (Å²) in [5.74, 6) is 1.42. The van der Waals surface area contributed by atoms with E-state index in [1.165, 1.54) is 12.8 Å². The van der Waals surface area contributed by atoms with Crippen LogP contribution < -0.4 is 20.1 Å². The first kappa shape index (κ1) is 19.3. The topological polar surface area (TPSA) is 79.9 Å². The van der Waals surface area contributed by atoms with E-state index >= 15 is 0 Å². The second-order valence-corrected chi connectivity index (χ2v) is 7.22. The molecule has 1 aliphatic heterocycles. The number of urea groups is 1. The Morgan fingerprint density at radius 1 is 1.15 bits per heavy atom. The van der Waals surface area contributed by atoms with E-state index in [2.05, 4.69) is 10.6 Å². The fourth-order valence-electron chi connectivity index (χ4n) is 3.72. The van der Waals surface area contributed by atoms with Crippen molar-refractivity contribution in [3.63, 3.8) is 0 Å². The van der Waals surface area contributed by atoms with Gasteiger partial charge in [-0.15, -0.1) is 0 Å². The molecule has 0 bridgehead atoms. The third-order valence-corrected chi connectivity index (χ3v) is 5.37. The van der Waals surface area contributed by atoms with E-state index in [-0.39, 0.29) is 23.8 Å². The summed E-state index contributed by atoms with van der Waals surface area (Å²) in [5, 5.41) is 5.90. The Hall–Kier alpha value is -2.44. The summed E-state index contributed by atoms with van der Waals surface area (Å²) in [7, 11) is 3.19. The molecule has 2 fully saturated rings. The van der Waals surface area contributed by atoms with Gasteiger partial charge >= 0.3 is 6.03 Å². The number of nitrogens with one attached hydrogen (secondary N) is 2. The molecule has 0 spiro atoms. The molecule has 3 amide bonds. The van der Waals surface area contributed by atoms with E-state index in [0.717, 1.165) is 12.1 Å². The zero-order valence-electron chi connectivity index (χ0n) is 16.3. The monoisotopic (exact) mass is 375 g/mol. The third-order valence-electron chi connectivity index (χ3n) is 5.37. The highest BCUT2D eigenvalue weighted by Gasteiger charge is 2.42. The lowest BCUT2D eigenvalue weighted by molar-refractivity contribution is -0.125. The number of methoxy groups -OCH3 is 2. The molecule has 2 aliphatic rings. The minimum absolute atomic E-state index is 0.00331. The lowest BCUT2D eigenvalue weighted by Gasteiger charge is -2.21. The molecular weight excluding hydrogens is 346 g/mol. The maximum absolute atomic E-state index is 12.9. The number of amides is 3. The van der Waals surface area contributed by atoms with Gasteiger partial charge in [-0.25, -0.2) is 4.79 Å². The van der Waals surface area contributed by atoms with Crippen LogP contribution in [0.4, 0.5) is 4.79 Å². The molecule has 7 nitrogen and oxygen atoms in total. The molecular formula is C20H29N3O4. The normalized spacial score (nSPS) is 21.7. The van der Waals surface area contributed by atoms with Crippen LogP contribution in [-0.2, 0) is 4.79 Å². The van der Waals surface area contributed by atoms with Gasteiger partial charge in [0.2, 0.25) is 5.91 Å². The van der Waals surface area contributed by atoms with Crippen molar-refractivity contribution in [1.82, 2.24) is 15.5 Å². The number of carbonyl (C=O) groups excluding carboxylic acids is 2. The van der Waals surface area contributed by atoms with Crippen LogP contribution in [0.1, 0.15) is 31.2 Å². The molecule has 148 valence electrons. The maximum atomic E-state index is 12.9. The van der Waals surface area contributed by atoms with E-state index in [0.29, 0.717) is 37.1 Å². The van der Waals surface area contributed by atoms with Crippen molar-refractivity contribution in [3.05, 3.63) is 23.8 Å². The Morgan fingerprint density at radius 2 is 1.93 bits per heavy atom. The third kappa shape index (κ3) is 4.28. The molecule has 0 radical (unpaired) electrons. The minimum atomic E-state index is -0.313. The quantitative estimate of drug-likeness (QED) is 0.764. The molecule has 1 aromatic carbocycles. The molecule has 1 saturated heterocycles. The highest BCUT2D eigenvalue weighted by Crippen LogP contribution is 2.42. The number of nitrogens with zero attached hydrogens (tertiary/aromatic N) is 1. The Bertz CT molecular complexity index is 690. The number of carbonyl (C=O) groups is 2. The second-order valence-electron chi connectivity index (χ2n) is 7.22. The van der Waals surface area contributed by atoms with Crippen LogP contribution >= 0.6 is 0 Å². The Balaban J connectivity index is 1.86. The molecule has 0 aromatic heterocycles. The lowest BCUT2D eigenvalue weighted by atomic mass is 9.87. The molecule has 2 atom stereocenters. The average molecular weight is 375 g/mol. The number of benzene rings is 1. The maximum Gasteiger partial charge on any atom is 0.317 e. The van der Waals surface area contributed by atoms with Crippen molar-refractivity contribution in [1.29, 1.82) is 0 Å². The summed E-state index contributed by atoms with van der Waals surface area (Å²) in [6.45, 7) is 4.03. The first-order valence-corrected chi connectivity index (χ1v) is 9.60. The Labute approximate surface area is 160 Å². The minimum Gasteiger partial charge on any atom is -0.493 e. The summed E-state index contributed by atoms with van der Waals surface area (Å²) >= 11 is 0. The molecule has 1 aromatic rings. The largest absolute Gasteiger partial charge is 0.493 e.